The number of aromatic nitrogens is 3. The molecule has 2 aromatic carbocycles. The number of aromatic amines is 1. The predicted octanol–water partition coefficient (Wildman–Crippen LogP) is 5.48. The lowest BCUT2D eigenvalue weighted by Crippen LogP contribution is -2.40. The van der Waals surface area contributed by atoms with Crippen LogP contribution >= 0.6 is 23.2 Å². The molecule has 0 saturated carbocycles. The lowest BCUT2D eigenvalue weighted by Gasteiger charge is -2.27. The number of imidazole rings is 1. The Morgan fingerprint density at radius 3 is 2.74 bits per heavy atom. The number of rotatable bonds is 7. The molecule has 3 heterocycles. The van der Waals surface area contributed by atoms with Gasteiger partial charge in [0.15, 0.2) is 0 Å². The molecule has 31 heavy (non-hydrogen) atoms. The van der Waals surface area contributed by atoms with Crippen molar-refractivity contribution in [1.29, 1.82) is 0 Å². The van der Waals surface area contributed by atoms with Gasteiger partial charge in [-0.05, 0) is 42.0 Å². The molecule has 2 aromatic heterocycles. The molecule has 9 heteroatoms. The lowest BCUT2D eigenvalue weighted by atomic mass is 10.2. The zero-order valence-corrected chi connectivity index (χ0v) is 17.9. The maximum Gasteiger partial charge on any atom is 0.219 e. The number of H-pyrrole nitrogens is 1. The smallest absolute Gasteiger partial charge is 0.219 e. The van der Waals surface area contributed by atoms with Crippen molar-refractivity contribution in [2.75, 3.05) is 23.8 Å². The summed E-state index contributed by atoms with van der Waals surface area (Å²) in [5.41, 5.74) is 3.82. The fourth-order valence-corrected chi connectivity index (χ4v) is 3.54. The molecule has 0 bridgehead atoms. The maximum atomic E-state index is 6.44. The fraction of sp³-hybridized carbons (Fsp3) is 0.182. The third-order valence-electron chi connectivity index (χ3n) is 4.88. The van der Waals surface area contributed by atoms with Gasteiger partial charge in [-0.2, -0.15) is 0 Å². The molecule has 4 aromatic rings. The first-order valence-electron chi connectivity index (χ1n) is 9.78. The minimum absolute atomic E-state index is 0.377. The summed E-state index contributed by atoms with van der Waals surface area (Å²) in [6, 6.07) is 15.4. The average molecular weight is 456 g/mol. The van der Waals surface area contributed by atoms with E-state index in [1.807, 2.05) is 24.3 Å². The molecular formula is C22H19Cl2N5O2. The van der Waals surface area contributed by atoms with E-state index in [2.05, 4.69) is 31.7 Å². The van der Waals surface area contributed by atoms with Gasteiger partial charge in [0.05, 0.1) is 35.3 Å². The van der Waals surface area contributed by atoms with Gasteiger partial charge in [0.1, 0.15) is 5.75 Å². The normalized spacial score (nSPS) is 13.7. The zero-order chi connectivity index (χ0) is 21.2. The summed E-state index contributed by atoms with van der Waals surface area (Å²) >= 11 is 12.3. The molecule has 0 aliphatic carbocycles. The molecule has 3 N–H and O–H groups in total. The third kappa shape index (κ3) is 4.69. The number of fused-ring (bicyclic) bond motifs is 1. The second kappa shape index (κ2) is 8.63. The SMILES string of the molecule is Clc1ccc(Oc2ccc(CNc3nc4ccc(NC5COC5)cc4[nH]3)c(Cl)c2)nc1. The molecule has 0 amide bonds. The molecule has 1 aliphatic heterocycles. The Morgan fingerprint density at radius 2 is 2.00 bits per heavy atom. The van der Waals surface area contributed by atoms with E-state index >= 15 is 0 Å². The predicted molar refractivity (Wildman–Crippen MR) is 122 cm³/mol. The van der Waals surface area contributed by atoms with E-state index in [0.717, 1.165) is 35.5 Å². The minimum Gasteiger partial charge on any atom is -0.439 e. The highest BCUT2D eigenvalue weighted by Gasteiger charge is 2.18. The van der Waals surface area contributed by atoms with E-state index in [9.17, 15) is 0 Å². The first kappa shape index (κ1) is 19.9. The molecule has 0 unspecified atom stereocenters. The average Bonchev–Trinajstić information content (AvgIpc) is 3.14. The summed E-state index contributed by atoms with van der Waals surface area (Å²) in [5.74, 6) is 1.73. The third-order valence-corrected chi connectivity index (χ3v) is 5.46. The van der Waals surface area contributed by atoms with Crippen LogP contribution in [0.5, 0.6) is 11.6 Å². The Balaban J connectivity index is 1.23. The van der Waals surface area contributed by atoms with E-state index in [0.29, 0.717) is 40.2 Å². The maximum absolute atomic E-state index is 6.44. The van der Waals surface area contributed by atoms with Gasteiger partial charge in [0, 0.05) is 29.5 Å². The summed E-state index contributed by atoms with van der Waals surface area (Å²) in [6.45, 7) is 2.01. The van der Waals surface area contributed by atoms with Crippen molar-refractivity contribution in [2.45, 2.75) is 12.6 Å². The monoisotopic (exact) mass is 455 g/mol. The van der Waals surface area contributed by atoms with Gasteiger partial charge in [-0.3, -0.25) is 0 Å². The number of nitrogens with one attached hydrogen (secondary N) is 3. The highest BCUT2D eigenvalue weighted by molar-refractivity contribution is 6.31. The largest absolute Gasteiger partial charge is 0.439 e. The first-order chi connectivity index (χ1) is 15.1. The summed E-state index contributed by atoms with van der Waals surface area (Å²) < 4.78 is 10.9. The number of ether oxygens (including phenoxy) is 2. The second-order valence-electron chi connectivity index (χ2n) is 7.22. The van der Waals surface area contributed by atoms with Crippen molar-refractivity contribution in [1.82, 2.24) is 15.0 Å². The van der Waals surface area contributed by atoms with Crippen molar-refractivity contribution in [2.24, 2.45) is 0 Å². The van der Waals surface area contributed by atoms with Gasteiger partial charge in [0.25, 0.3) is 0 Å². The highest BCUT2D eigenvalue weighted by atomic mass is 35.5. The van der Waals surface area contributed by atoms with Crippen LogP contribution in [0.2, 0.25) is 10.0 Å². The van der Waals surface area contributed by atoms with E-state index in [1.54, 1.807) is 18.2 Å². The van der Waals surface area contributed by atoms with E-state index in [1.165, 1.54) is 6.20 Å². The number of benzene rings is 2. The van der Waals surface area contributed by atoms with E-state index < -0.39 is 0 Å². The van der Waals surface area contributed by atoms with Gasteiger partial charge < -0.3 is 25.1 Å². The summed E-state index contributed by atoms with van der Waals surface area (Å²) in [6.07, 6.45) is 1.53. The van der Waals surface area contributed by atoms with Gasteiger partial charge in [-0.15, -0.1) is 0 Å². The minimum atomic E-state index is 0.377. The number of anilines is 2. The molecule has 1 fully saturated rings. The molecule has 0 radical (unpaired) electrons. The second-order valence-corrected chi connectivity index (χ2v) is 8.06. The van der Waals surface area contributed by atoms with Crippen LogP contribution in [0.4, 0.5) is 11.6 Å². The first-order valence-corrected chi connectivity index (χ1v) is 10.5. The number of hydrogen-bond acceptors (Lipinski definition) is 6. The van der Waals surface area contributed by atoms with Crippen molar-refractivity contribution >= 4 is 45.9 Å². The quantitative estimate of drug-likeness (QED) is 0.342. The Labute approximate surface area is 188 Å². The number of halogens is 2. The molecule has 158 valence electrons. The van der Waals surface area contributed by atoms with E-state index in [-0.39, 0.29) is 0 Å². The van der Waals surface area contributed by atoms with Gasteiger partial charge in [-0.25, -0.2) is 9.97 Å². The van der Waals surface area contributed by atoms with Gasteiger partial charge >= 0.3 is 0 Å². The molecule has 7 nitrogen and oxygen atoms in total. The van der Waals surface area contributed by atoms with Crippen molar-refractivity contribution in [3.05, 3.63) is 70.3 Å². The Morgan fingerprint density at radius 1 is 1.10 bits per heavy atom. The Kier molecular flexibility index (Phi) is 5.55. The van der Waals surface area contributed by atoms with E-state index in [4.69, 9.17) is 32.7 Å². The Bertz CT molecular complexity index is 1210. The number of nitrogens with zero attached hydrogens (tertiary/aromatic N) is 2. The van der Waals surface area contributed by atoms with Crippen molar-refractivity contribution in [3.8, 4) is 11.6 Å². The van der Waals surface area contributed by atoms with Crippen LogP contribution in [0.1, 0.15) is 5.56 Å². The standard InChI is InChI=1S/C22H19Cl2N5O2/c23-14-2-6-21(25-10-14)31-17-4-1-13(18(24)8-17)9-26-22-28-19-5-3-15(7-20(19)29-22)27-16-11-30-12-16/h1-8,10,16,27H,9,11-12H2,(H2,26,28,29). The van der Waals surface area contributed by atoms with Crippen LogP contribution in [0.25, 0.3) is 11.0 Å². The molecule has 1 aliphatic rings. The molecule has 0 spiro atoms. The van der Waals surface area contributed by atoms with Crippen LogP contribution in [-0.4, -0.2) is 34.2 Å². The van der Waals surface area contributed by atoms with Crippen LogP contribution in [0.3, 0.4) is 0 Å². The molecular weight excluding hydrogens is 437 g/mol. The highest BCUT2D eigenvalue weighted by Crippen LogP contribution is 2.27. The Hall–Kier alpha value is -3.00. The number of pyridine rings is 1. The molecule has 5 rings (SSSR count). The lowest BCUT2D eigenvalue weighted by molar-refractivity contribution is 0.0211. The summed E-state index contributed by atoms with van der Waals surface area (Å²) in [5, 5.41) is 7.87. The summed E-state index contributed by atoms with van der Waals surface area (Å²) in [4.78, 5) is 12.0. The zero-order valence-electron chi connectivity index (χ0n) is 16.4. The van der Waals surface area contributed by atoms with Crippen LogP contribution in [0.15, 0.2) is 54.7 Å². The molecule has 0 atom stereocenters. The van der Waals surface area contributed by atoms with Crippen molar-refractivity contribution < 1.29 is 9.47 Å². The van der Waals surface area contributed by atoms with Crippen LogP contribution in [0, 0.1) is 0 Å². The summed E-state index contributed by atoms with van der Waals surface area (Å²) in [7, 11) is 0. The van der Waals surface area contributed by atoms with Gasteiger partial charge in [0.2, 0.25) is 11.8 Å². The number of hydrogen-bond donors (Lipinski definition) is 3. The van der Waals surface area contributed by atoms with Gasteiger partial charge in [-0.1, -0.05) is 29.3 Å². The van der Waals surface area contributed by atoms with Crippen LogP contribution < -0.4 is 15.4 Å². The topological polar surface area (TPSA) is 84.1 Å². The van der Waals surface area contributed by atoms with Crippen molar-refractivity contribution in [3.63, 3.8) is 0 Å². The van der Waals surface area contributed by atoms with Crippen LogP contribution in [-0.2, 0) is 11.3 Å². The fourth-order valence-electron chi connectivity index (χ4n) is 3.20. The molecule has 1 saturated heterocycles.